The molecule has 0 bridgehead atoms. The molecule has 0 unspecified atom stereocenters. The highest BCUT2D eigenvalue weighted by Crippen LogP contribution is 2.35. The molecule has 3 aromatic rings. The zero-order valence-electron chi connectivity index (χ0n) is 11.4. The minimum absolute atomic E-state index is 0.513. The summed E-state index contributed by atoms with van der Waals surface area (Å²) in [6.07, 6.45) is 3.61. The Labute approximate surface area is 132 Å². The van der Waals surface area contributed by atoms with Crippen molar-refractivity contribution in [3.05, 3.63) is 52.8 Å². The minimum Gasteiger partial charge on any atom is -0.369 e. The maximum absolute atomic E-state index is 6.33. The fourth-order valence-corrected chi connectivity index (χ4v) is 2.78. The van der Waals surface area contributed by atoms with Gasteiger partial charge < -0.3 is 5.32 Å². The highest BCUT2D eigenvalue weighted by molar-refractivity contribution is 6.37. The van der Waals surface area contributed by atoms with Gasteiger partial charge in [-0.25, -0.2) is 4.98 Å². The first kappa shape index (κ1) is 14.1. The lowest BCUT2D eigenvalue weighted by Gasteiger charge is -2.11. The van der Waals surface area contributed by atoms with Gasteiger partial charge in [0.1, 0.15) is 5.82 Å². The monoisotopic (exact) mass is 317 g/mol. The Kier molecular flexibility index (Phi) is 3.95. The van der Waals surface area contributed by atoms with Crippen LogP contribution in [0.5, 0.6) is 0 Å². The summed E-state index contributed by atoms with van der Waals surface area (Å²) in [6.45, 7) is 2.73. The molecule has 1 N–H and O–H groups in total. The van der Waals surface area contributed by atoms with E-state index >= 15 is 0 Å². The van der Waals surface area contributed by atoms with Gasteiger partial charge in [-0.2, -0.15) is 0 Å². The molecule has 5 heteroatoms. The summed E-state index contributed by atoms with van der Waals surface area (Å²) in [6, 6.07) is 9.73. The molecule has 3 rings (SSSR count). The summed E-state index contributed by atoms with van der Waals surface area (Å²) < 4.78 is 0. The molecule has 0 radical (unpaired) electrons. The molecule has 106 valence electrons. The van der Waals surface area contributed by atoms with E-state index in [4.69, 9.17) is 23.2 Å². The van der Waals surface area contributed by atoms with Crippen LogP contribution in [0.4, 0.5) is 5.82 Å². The SMILES string of the molecule is CCNc1nc(-c2cncc3ccccc23)c(Cl)cc1Cl. The van der Waals surface area contributed by atoms with Crippen LogP contribution >= 0.6 is 23.2 Å². The average molecular weight is 318 g/mol. The molecule has 0 aliphatic carbocycles. The van der Waals surface area contributed by atoms with Gasteiger partial charge in [-0.1, -0.05) is 47.5 Å². The van der Waals surface area contributed by atoms with E-state index in [1.807, 2.05) is 37.4 Å². The lowest BCUT2D eigenvalue weighted by molar-refractivity contribution is 1.16. The fourth-order valence-electron chi connectivity index (χ4n) is 2.25. The zero-order chi connectivity index (χ0) is 14.8. The number of hydrogen-bond acceptors (Lipinski definition) is 3. The van der Waals surface area contributed by atoms with Crippen molar-refractivity contribution >= 4 is 39.8 Å². The summed E-state index contributed by atoms with van der Waals surface area (Å²) in [5.74, 6) is 0.631. The molecule has 0 aliphatic heterocycles. The summed E-state index contributed by atoms with van der Waals surface area (Å²) in [4.78, 5) is 8.84. The molecule has 21 heavy (non-hydrogen) atoms. The van der Waals surface area contributed by atoms with Crippen molar-refractivity contribution in [2.75, 3.05) is 11.9 Å². The van der Waals surface area contributed by atoms with Crippen molar-refractivity contribution in [3.8, 4) is 11.3 Å². The van der Waals surface area contributed by atoms with Crippen molar-refractivity contribution in [2.24, 2.45) is 0 Å². The molecule has 2 heterocycles. The molecule has 0 spiro atoms. The van der Waals surface area contributed by atoms with Gasteiger partial charge in [0, 0.05) is 29.9 Å². The number of anilines is 1. The van der Waals surface area contributed by atoms with Crippen LogP contribution in [-0.4, -0.2) is 16.5 Å². The maximum Gasteiger partial charge on any atom is 0.145 e. The van der Waals surface area contributed by atoms with Gasteiger partial charge in [0.2, 0.25) is 0 Å². The molecular weight excluding hydrogens is 305 g/mol. The zero-order valence-corrected chi connectivity index (χ0v) is 12.9. The normalized spacial score (nSPS) is 10.8. The van der Waals surface area contributed by atoms with Gasteiger partial charge >= 0.3 is 0 Å². The molecule has 0 saturated heterocycles. The predicted octanol–water partition coefficient (Wildman–Crippen LogP) is 5.04. The van der Waals surface area contributed by atoms with Crippen LogP contribution < -0.4 is 5.32 Å². The van der Waals surface area contributed by atoms with Crippen LogP contribution in [0.15, 0.2) is 42.7 Å². The predicted molar refractivity (Wildman–Crippen MR) is 89.2 cm³/mol. The number of nitrogens with zero attached hydrogens (tertiary/aromatic N) is 2. The largest absolute Gasteiger partial charge is 0.369 e. The summed E-state index contributed by atoms with van der Waals surface area (Å²) >= 11 is 12.5. The number of rotatable bonds is 3. The fraction of sp³-hybridized carbons (Fsp3) is 0.125. The number of benzene rings is 1. The molecule has 3 nitrogen and oxygen atoms in total. The van der Waals surface area contributed by atoms with Crippen LogP contribution in [0, 0.1) is 0 Å². The van der Waals surface area contributed by atoms with Gasteiger partial charge in [-0.15, -0.1) is 0 Å². The smallest absolute Gasteiger partial charge is 0.145 e. The Balaban J connectivity index is 2.25. The summed E-state index contributed by atoms with van der Waals surface area (Å²) in [7, 11) is 0. The van der Waals surface area contributed by atoms with Crippen LogP contribution in [0.1, 0.15) is 6.92 Å². The van der Waals surface area contributed by atoms with Gasteiger partial charge in [0.25, 0.3) is 0 Å². The first-order valence-electron chi connectivity index (χ1n) is 6.63. The quantitative estimate of drug-likeness (QED) is 0.735. The van der Waals surface area contributed by atoms with Crippen LogP contribution in [0.2, 0.25) is 10.0 Å². The van der Waals surface area contributed by atoms with Crippen molar-refractivity contribution in [2.45, 2.75) is 6.92 Å². The molecule has 0 aliphatic rings. The second-order valence-electron chi connectivity index (χ2n) is 4.59. The Morgan fingerprint density at radius 3 is 2.71 bits per heavy atom. The molecule has 2 aromatic heterocycles. The van der Waals surface area contributed by atoms with Crippen molar-refractivity contribution in [1.29, 1.82) is 0 Å². The Morgan fingerprint density at radius 1 is 1.10 bits per heavy atom. The Hall–Kier alpha value is -1.84. The van der Waals surface area contributed by atoms with Crippen LogP contribution in [0.25, 0.3) is 22.0 Å². The van der Waals surface area contributed by atoms with E-state index in [-0.39, 0.29) is 0 Å². The molecule has 0 saturated carbocycles. The number of halogens is 2. The standard InChI is InChI=1S/C16H13Cl2N3/c1-2-20-16-14(18)7-13(17)15(21-16)12-9-19-8-10-5-3-4-6-11(10)12/h3-9H,2H2,1H3,(H,20,21). The Bertz CT molecular complexity index is 797. The molecule has 0 atom stereocenters. The number of fused-ring (bicyclic) bond motifs is 1. The lowest BCUT2D eigenvalue weighted by Crippen LogP contribution is -2.01. The molecule has 0 fully saturated rings. The van der Waals surface area contributed by atoms with E-state index < -0.39 is 0 Å². The minimum atomic E-state index is 0.513. The van der Waals surface area contributed by atoms with Crippen molar-refractivity contribution in [1.82, 2.24) is 9.97 Å². The molecular formula is C16H13Cl2N3. The number of nitrogens with one attached hydrogen (secondary N) is 1. The lowest BCUT2D eigenvalue weighted by atomic mass is 10.1. The number of pyridine rings is 2. The van der Waals surface area contributed by atoms with Crippen molar-refractivity contribution in [3.63, 3.8) is 0 Å². The second-order valence-corrected chi connectivity index (χ2v) is 5.40. The van der Waals surface area contributed by atoms with E-state index in [9.17, 15) is 0 Å². The van der Waals surface area contributed by atoms with E-state index in [0.29, 0.717) is 21.6 Å². The third kappa shape index (κ3) is 2.67. The first-order valence-corrected chi connectivity index (χ1v) is 7.39. The summed E-state index contributed by atoms with van der Waals surface area (Å²) in [5, 5.41) is 6.28. The van der Waals surface area contributed by atoms with Gasteiger partial charge in [0.15, 0.2) is 0 Å². The molecule has 0 amide bonds. The third-order valence-electron chi connectivity index (χ3n) is 3.20. The highest BCUT2D eigenvalue weighted by atomic mass is 35.5. The maximum atomic E-state index is 6.33. The van der Waals surface area contributed by atoms with E-state index in [1.54, 1.807) is 12.3 Å². The van der Waals surface area contributed by atoms with Gasteiger partial charge in [0.05, 0.1) is 15.7 Å². The number of aromatic nitrogens is 2. The van der Waals surface area contributed by atoms with Gasteiger partial charge in [-0.3, -0.25) is 4.98 Å². The van der Waals surface area contributed by atoms with Gasteiger partial charge in [-0.05, 0) is 18.4 Å². The van der Waals surface area contributed by atoms with E-state index in [2.05, 4.69) is 15.3 Å². The van der Waals surface area contributed by atoms with Crippen LogP contribution in [-0.2, 0) is 0 Å². The first-order chi connectivity index (χ1) is 10.2. The summed E-state index contributed by atoms with van der Waals surface area (Å²) in [5.41, 5.74) is 1.58. The van der Waals surface area contributed by atoms with Crippen molar-refractivity contribution < 1.29 is 0 Å². The topological polar surface area (TPSA) is 37.8 Å². The highest BCUT2D eigenvalue weighted by Gasteiger charge is 2.13. The third-order valence-corrected chi connectivity index (χ3v) is 3.77. The Morgan fingerprint density at radius 2 is 1.90 bits per heavy atom. The van der Waals surface area contributed by atoms with E-state index in [0.717, 1.165) is 22.9 Å². The van der Waals surface area contributed by atoms with Crippen LogP contribution in [0.3, 0.4) is 0 Å². The van der Waals surface area contributed by atoms with E-state index in [1.165, 1.54) is 0 Å². The molecule has 1 aromatic carbocycles. The average Bonchev–Trinajstić information content (AvgIpc) is 2.50. The number of hydrogen-bond donors (Lipinski definition) is 1. The second kappa shape index (κ2) is 5.88.